The number of carbonyl (C=O) groups excluding carboxylic acids is 1. The molecule has 1 aromatic rings. The molecule has 5 heteroatoms. The van der Waals surface area contributed by atoms with E-state index >= 15 is 0 Å². The van der Waals surface area contributed by atoms with Crippen LogP contribution in [0.15, 0.2) is 18.2 Å². The Labute approximate surface area is 107 Å². The molecule has 5 nitrogen and oxygen atoms in total. The van der Waals surface area contributed by atoms with Crippen molar-refractivity contribution in [3.8, 4) is 5.75 Å². The number of nitrogens with one attached hydrogen (secondary N) is 2. The van der Waals surface area contributed by atoms with Crippen molar-refractivity contribution in [3.63, 3.8) is 0 Å². The van der Waals surface area contributed by atoms with Crippen molar-refractivity contribution in [2.45, 2.75) is 26.4 Å². The summed E-state index contributed by atoms with van der Waals surface area (Å²) in [6, 6.07) is 5.33. The maximum Gasteiger partial charge on any atom is 0.412 e. The third-order valence-corrected chi connectivity index (χ3v) is 2.13. The van der Waals surface area contributed by atoms with Gasteiger partial charge in [-0.15, -0.1) is 0 Å². The number of benzene rings is 1. The van der Waals surface area contributed by atoms with E-state index in [0.29, 0.717) is 11.4 Å². The quantitative estimate of drug-likeness (QED) is 0.868. The van der Waals surface area contributed by atoms with E-state index < -0.39 is 11.7 Å². The zero-order valence-corrected chi connectivity index (χ0v) is 11.5. The average molecular weight is 252 g/mol. The van der Waals surface area contributed by atoms with Crippen LogP contribution >= 0.6 is 0 Å². The van der Waals surface area contributed by atoms with Crippen molar-refractivity contribution >= 4 is 17.5 Å². The van der Waals surface area contributed by atoms with Crippen LogP contribution in [0.25, 0.3) is 0 Å². The summed E-state index contributed by atoms with van der Waals surface area (Å²) in [6.45, 7) is 5.46. The fourth-order valence-corrected chi connectivity index (χ4v) is 1.38. The number of ether oxygens (including phenoxy) is 2. The van der Waals surface area contributed by atoms with Crippen molar-refractivity contribution in [1.82, 2.24) is 0 Å². The van der Waals surface area contributed by atoms with E-state index in [1.807, 2.05) is 20.8 Å². The fraction of sp³-hybridized carbons (Fsp3) is 0.462. The van der Waals surface area contributed by atoms with Crippen LogP contribution in [0.5, 0.6) is 5.75 Å². The molecule has 2 N–H and O–H groups in total. The minimum absolute atomic E-state index is 0.482. The number of rotatable bonds is 3. The zero-order valence-electron chi connectivity index (χ0n) is 11.5. The SMILES string of the molecule is CNc1cc(OC)ccc1NC(=O)OC(C)(C)C. The lowest BCUT2D eigenvalue weighted by molar-refractivity contribution is 0.0636. The second-order valence-electron chi connectivity index (χ2n) is 4.79. The predicted octanol–water partition coefficient (Wildman–Crippen LogP) is 3.08. The van der Waals surface area contributed by atoms with Crippen LogP contribution in [0.1, 0.15) is 20.8 Å². The van der Waals surface area contributed by atoms with Crippen LogP contribution in [0, 0.1) is 0 Å². The first-order valence-electron chi connectivity index (χ1n) is 5.71. The summed E-state index contributed by atoms with van der Waals surface area (Å²) in [7, 11) is 3.37. The van der Waals surface area contributed by atoms with Crippen molar-refractivity contribution in [3.05, 3.63) is 18.2 Å². The predicted molar refractivity (Wildman–Crippen MR) is 72.4 cm³/mol. The first-order valence-corrected chi connectivity index (χ1v) is 5.71. The van der Waals surface area contributed by atoms with Crippen LogP contribution in [-0.4, -0.2) is 25.9 Å². The van der Waals surface area contributed by atoms with Gasteiger partial charge in [0.25, 0.3) is 0 Å². The standard InChI is InChI=1S/C13H20N2O3/c1-13(2,3)18-12(16)15-10-7-6-9(17-5)8-11(10)14-4/h6-8,14H,1-5H3,(H,15,16). The van der Waals surface area contributed by atoms with Gasteiger partial charge in [-0.05, 0) is 32.9 Å². The Morgan fingerprint density at radius 1 is 1.22 bits per heavy atom. The van der Waals surface area contributed by atoms with E-state index in [1.165, 1.54) is 0 Å². The highest BCUT2D eigenvalue weighted by atomic mass is 16.6. The molecule has 18 heavy (non-hydrogen) atoms. The summed E-state index contributed by atoms with van der Waals surface area (Å²) >= 11 is 0. The molecule has 0 saturated carbocycles. The van der Waals surface area contributed by atoms with E-state index in [9.17, 15) is 4.79 Å². The molecule has 0 aliphatic carbocycles. The first-order chi connectivity index (χ1) is 8.35. The smallest absolute Gasteiger partial charge is 0.412 e. The molecule has 0 saturated heterocycles. The number of amides is 1. The normalized spacial score (nSPS) is 10.7. The molecule has 100 valence electrons. The molecule has 0 heterocycles. The Morgan fingerprint density at radius 2 is 1.89 bits per heavy atom. The molecular formula is C13H20N2O3. The van der Waals surface area contributed by atoms with Gasteiger partial charge >= 0.3 is 6.09 Å². The van der Waals surface area contributed by atoms with Gasteiger partial charge in [0.15, 0.2) is 0 Å². The number of hydrogen-bond donors (Lipinski definition) is 2. The van der Waals surface area contributed by atoms with Crippen LogP contribution in [0.2, 0.25) is 0 Å². The van der Waals surface area contributed by atoms with Crippen molar-refractivity contribution in [2.75, 3.05) is 24.8 Å². The Hall–Kier alpha value is -1.91. The van der Waals surface area contributed by atoms with Crippen LogP contribution in [0.4, 0.5) is 16.2 Å². The number of anilines is 2. The lowest BCUT2D eigenvalue weighted by Crippen LogP contribution is -2.27. The molecule has 1 aromatic carbocycles. The van der Waals surface area contributed by atoms with E-state index in [0.717, 1.165) is 5.69 Å². The highest BCUT2D eigenvalue weighted by Crippen LogP contribution is 2.27. The molecule has 0 fully saturated rings. The van der Waals surface area contributed by atoms with Gasteiger partial charge in [-0.3, -0.25) is 5.32 Å². The molecule has 0 unspecified atom stereocenters. The van der Waals surface area contributed by atoms with E-state index in [-0.39, 0.29) is 0 Å². The average Bonchev–Trinajstić information content (AvgIpc) is 2.27. The highest BCUT2D eigenvalue weighted by molar-refractivity contribution is 5.90. The maximum atomic E-state index is 11.7. The maximum absolute atomic E-state index is 11.7. The first kappa shape index (κ1) is 14.2. The third kappa shape index (κ3) is 4.16. The lowest BCUT2D eigenvalue weighted by atomic mass is 10.2. The highest BCUT2D eigenvalue weighted by Gasteiger charge is 2.17. The second kappa shape index (κ2) is 5.62. The summed E-state index contributed by atoms with van der Waals surface area (Å²) in [6.07, 6.45) is -0.482. The molecule has 0 radical (unpaired) electrons. The minimum Gasteiger partial charge on any atom is -0.497 e. The van der Waals surface area contributed by atoms with Gasteiger partial charge in [0.2, 0.25) is 0 Å². The zero-order chi connectivity index (χ0) is 13.8. The molecule has 0 aromatic heterocycles. The van der Waals surface area contributed by atoms with Crippen molar-refractivity contribution in [1.29, 1.82) is 0 Å². The molecule has 0 aliphatic rings. The van der Waals surface area contributed by atoms with Crippen molar-refractivity contribution < 1.29 is 14.3 Å². The van der Waals surface area contributed by atoms with Crippen LogP contribution in [-0.2, 0) is 4.74 Å². The van der Waals surface area contributed by atoms with Gasteiger partial charge in [0, 0.05) is 13.1 Å². The minimum atomic E-state index is -0.517. The molecule has 0 aliphatic heterocycles. The van der Waals surface area contributed by atoms with Gasteiger partial charge in [-0.2, -0.15) is 0 Å². The summed E-state index contributed by atoms with van der Waals surface area (Å²) in [5.41, 5.74) is 0.892. The van der Waals surface area contributed by atoms with Crippen LogP contribution in [0.3, 0.4) is 0 Å². The Morgan fingerprint density at radius 3 is 2.39 bits per heavy atom. The molecule has 1 rings (SSSR count). The van der Waals surface area contributed by atoms with Crippen molar-refractivity contribution in [2.24, 2.45) is 0 Å². The van der Waals surface area contributed by atoms with Gasteiger partial charge in [-0.1, -0.05) is 0 Å². The molecular weight excluding hydrogens is 232 g/mol. The van der Waals surface area contributed by atoms with Gasteiger partial charge in [-0.25, -0.2) is 4.79 Å². The van der Waals surface area contributed by atoms with Gasteiger partial charge in [0.05, 0.1) is 18.5 Å². The largest absolute Gasteiger partial charge is 0.497 e. The molecule has 0 atom stereocenters. The molecule has 1 amide bonds. The van der Waals surface area contributed by atoms with Crippen LogP contribution < -0.4 is 15.4 Å². The number of methoxy groups -OCH3 is 1. The Kier molecular flexibility index (Phi) is 4.42. The summed E-state index contributed by atoms with van der Waals surface area (Å²) < 4.78 is 10.3. The summed E-state index contributed by atoms with van der Waals surface area (Å²) in [5.74, 6) is 0.717. The monoisotopic (exact) mass is 252 g/mol. The number of hydrogen-bond acceptors (Lipinski definition) is 4. The fourth-order valence-electron chi connectivity index (χ4n) is 1.38. The van der Waals surface area contributed by atoms with E-state index in [2.05, 4.69) is 10.6 Å². The summed E-state index contributed by atoms with van der Waals surface area (Å²) in [4.78, 5) is 11.7. The van der Waals surface area contributed by atoms with Gasteiger partial charge in [0.1, 0.15) is 11.4 Å². The topological polar surface area (TPSA) is 59.6 Å². The van der Waals surface area contributed by atoms with Gasteiger partial charge < -0.3 is 14.8 Å². The lowest BCUT2D eigenvalue weighted by Gasteiger charge is -2.20. The Bertz CT molecular complexity index is 425. The van der Waals surface area contributed by atoms with E-state index in [4.69, 9.17) is 9.47 Å². The second-order valence-corrected chi connectivity index (χ2v) is 4.79. The number of carbonyl (C=O) groups is 1. The molecule has 0 bridgehead atoms. The molecule has 0 spiro atoms. The Balaban J connectivity index is 2.81. The van der Waals surface area contributed by atoms with E-state index in [1.54, 1.807) is 32.4 Å². The summed E-state index contributed by atoms with van der Waals surface area (Å²) in [5, 5.41) is 5.68. The third-order valence-electron chi connectivity index (χ3n) is 2.13.